The molecule has 0 spiro atoms. The molecular weight excluding hydrogens is 312 g/mol. The Hall–Kier alpha value is -2.49. The fourth-order valence-corrected chi connectivity index (χ4v) is 3.02. The molecule has 0 radical (unpaired) electrons. The zero-order valence-electron chi connectivity index (χ0n) is 15.4. The molecule has 1 atom stereocenters. The molecule has 0 aliphatic carbocycles. The summed E-state index contributed by atoms with van der Waals surface area (Å²) < 4.78 is 0. The van der Waals surface area contributed by atoms with Gasteiger partial charge in [-0.15, -0.1) is 0 Å². The number of benzene rings is 1. The monoisotopic (exact) mass is 338 g/mol. The van der Waals surface area contributed by atoms with Crippen LogP contribution in [0.1, 0.15) is 72.9 Å². The summed E-state index contributed by atoms with van der Waals surface area (Å²) >= 11 is 0. The van der Waals surface area contributed by atoms with Gasteiger partial charge in [0.05, 0.1) is 0 Å². The predicted molar refractivity (Wildman–Crippen MR) is 99.9 cm³/mol. The highest BCUT2D eigenvalue weighted by Gasteiger charge is 2.26. The fraction of sp³-hybridized carbons (Fsp3) is 0.381. The Kier molecular flexibility index (Phi) is 6.07. The van der Waals surface area contributed by atoms with Gasteiger partial charge in [0, 0.05) is 17.3 Å². The Morgan fingerprint density at radius 2 is 1.80 bits per heavy atom. The van der Waals surface area contributed by atoms with Crippen molar-refractivity contribution < 1.29 is 9.59 Å². The van der Waals surface area contributed by atoms with Gasteiger partial charge in [-0.05, 0) is 57.2 Å². The molecule has 0 aliphatic heterocycles. The number of pyridine rings is 1. The van der Waals surface area contributed by atoms with Crippen molar-refractivity contribution in [3.63, 3.8) is 0 Å². The summed E-state index contributed by atoms with van der Waals surface area (Å²) in [7, 11) is 0. The molecule has 0 saturated heterocycles. The van der Waals surface area contributed by atoms with Gasteiger partial charge in [-0.25, -0.2) is 0 Å². The maximum atomic E-state index is 12.4. The number of ketones is 1. The first-order chi connectivity index (χ1) is 11.8. The maximum absolute atomic E-state index is 12.4. The van der Waals surface area contributed by atoms with E-state index in [-0.39, 0.29) is 17.2 Å². The number of rotatable bonds is 7. The molecule has 4 nitrogen and oxygen atoms in total. The highest BCUT2D eigenvalue weighted by Crippen LogP contribution is 2.29. The number of carbonyl (C=O) groups excluding carboxylic acids is 2. The quantitative estimate of drug-likeness (QED) is 0.762. The summed E-state index contributed by atoms with van der Waals surface area (Å²) in [5.41, 5.74) is 1.97. The number of aromatic nitrogens is 1. The molecule has 1 amide bonds. The van der Waals surface area contributed by atoms with E-state index in [9.17, 15) is 9.59 Å². The molecule has 1 aromatic heterocycles. The summed E-state index contributed by atoms with van der Waals surface area (Å²) in [5, 5.41) is 3.08. The van der Waals surface area contributed by atoms with Crippen molar-refractivity contribution in [1.29, 1.82) is 0 Å². The SMILES string of the molecule is CCC(CC(C)(C)NC(=O)c1ccccn1)c1ccc(C(C)=O)cc1. The van der Waals surface area contributed by atoms with E-state index >= 15 is 0 Å². The van der Waals surface area contributed by atoms with E-state index in [1.54, 1.807) is 31.3 Å². The maximum Gasteiger partial charge on any atom is 0.270 e. The fourth-order valence-electron chi connectivity index (χ4n) is 3.02. The first-order valence-corrected chi connectivity index (χ1v) is 8.67. The molecule has 1 N–H and O–H groups in total. The molecule has 1 heterocycles. The van der Waals surface area contributed by atoms with Gasteiger partial charge < -0.3 is 5.32 Å². The minimum Gasteiger partial charge on any atom is -0.346 e. The summed E-state index contributed by atoms with van der Waals surface area (Å²) in [4.78, 5) is 27.9. The third kappa shape index (κ3) is 5.24. The van der Waals surface area contributed by atoms with Gasteiger partial charge in [-0.3, -0.25) is 14.6 Å². The molecule has 132 valence electrons. The van der Waals surface area contributed by atoms with Crippen LogP contribution in [0.2, 0.25) is 0 Å². The van der Waals surface area contributed by atoms with Crippen molar-refractivity contribution >= 4 is 11.7 Å². The summed E-state index contributed by atoms with van der Waals surface area (Å²) in [6, 6.07) is 13.1. The summed E-state index contributed by atoms with van der Waals surface area (Å²) in [5.74, 6) is 0.218. The van der Waals surface area contributed by atoms with Crippen LogP contribution in [0, 0.1) is 0 Å². The van der Waals surface area contributed by atoms with Gasteiger partial charge in [0.2, 0.25) is 0 Å². The number of carbonyl (C=O) groups is 2. The first-order valence-electron chi connectivity index (χ1n) is 8.67. The van der Waals surface area contributed by atoms with Crippen LogP contribution in [0.3, 0.4) is 0 Å². The smallest absolute Gasteiger partial charge is 0.270 e. The Morgan fingerprint density at radius 3 is 2.32 bits per heavy atom. The molecule has 1 aromatic carbocycles. The van der Waals surface area contributed by atoms with E-state index in [2.05, 4.69) is 17.2 Å². The normalized spacial score (nSPS) is 12.5. The molecule has 0 saturated carbocycles. The van der Waals surface area contributed by atoms with E-state index < -0.39 is 0 Å². The summed E-state index contributed by atoms with van der Waals surface area (Å²) in [6.45, 7) is 7.77. The van der Waals surface area contributed by atoms with E-state index in [4.69, 9.17) is 0 Å². The summed E-state index contributed by atoms with van der Waals surface area (Å²) in [6.07, 6.45) is 3.39. The molecule has 2 aromatic rings. The van der Waals surface area contributed by atoms with Gasteiger partial charge in [-0.2, -0.15) is 0 Å². The van der Waals surface area contributed by atoms with Crippen LogP contribution in [0.5, 0.6) is 0 Å². The van der Waals surface area contributed by atoms with Crippen LogP contribution in [0.25, 0.3) is 0 Å². The highest BCUT2D eigenvalue weighted by molar-refractivity contribution is 5.94. The van der Waals surface area contributed by atoms with Crippen LogP contribution in [0.4, 0.5) is 0 Å². The Bertz CT molecular complexity index is 721. The number of nitrogens with one attached hydrogen (secondary N) is 1. The molecule has 0 fully saturated rings. The van der Waals surface area contributed by atoms with Gasteiger partial charge in [0.1, 0.15) is 5.69 Å². The largest absolute Gasteiger partial charge is 0.346 e. The standard InChI is InChI=1S/C21H26N2O2/c1-5-16(18-11-9-17(10-12-18)15(2)24)14-21(3,4)23-20(25)19-8-6-7-13-22-19/h6-13,16H,5,14H2,1-4H3,(H,23,25). The minimum absolute atomic E-state index is 0.0718. The van der Waals surface area contributed by atoms with Gasteiger partial charge in [0.15, 0.2) is 5.78 Å². The van der Waals surface area contributed by atoms with Crippen LogP contribution < -0.4 is 5.32 Å². The van der Waals surface area contributed by atoms with Gasteiger partial charge >= 0.3 is 0 Å². The third-order valence-corrected chi connectivity index (χ3v) is 4.39. The number of amides is 1. The lowest BCUT2D eigenvalue weighted by molar-refractivity contribution is 0.0899. The van der Waals surface area contributed by atoms with E-state index in [0.29, 0.717) is 11.6 Å². The van der Waals surface area contributed by atoms with E-state index in [1.807, 2.05) is 38.1 Å². The molecule has 2 rings (SSSR count). The molecule has 4 heteroatoms. The number of hydrogen-bond donors (Lipinski definition) is 1. The topological polar surface area (TPSA) is 59.1 Å². The van der Waals surface area contributed by atoms with Gasteiger partial charge in [0.25, 0.3) is 5.91 Å². The second-order valence-electron chi connectivity index (χ2n) is 7.04. The molecule has 25 heavy (non-hydrogen) atoms. The predicted octanol–water partition coefficient (Wildman–Crippen LogP) is 4.38. The third-order valence-electron chi connectivity index (χ3n) is 4.39. The van der Waals surface area contributed by atoms with Crippen molar-refractivity contribution in [2.24, 2.45) is 0 Å². The lowest BCUT2D eigenvalue weighted by Crippen LogP contribution is -2.44. The van der Waals surface area contributed by atoms with E-state index in [0.717, 1.165) is 18.4 Å². The lowest BCUT2D eigenvalue weighted by atomic mass is 9.84. The highest BCUT2D eigenvalue weighted by atomic mass is 16.2. The Labute approximate surface area is 149 Å². The van der Waals surface area contributed by atoms with Crippen molar-refractivity contribution in [3.8, 4) is 0 Å². The van der Waals surface area contributed by atoms with Crippen molar-refractivity contribution in [3.05, 3.63) is 65.5 Å². The molecule has 0 bridgehead atoms. The van der Waals surface area contributed by atoms with Crippen LogP contribution in [0.15, 0.2) is 48.7 Å². The Balaban J connectivity index is 2.08. The van der Waals surface area contributed by atoms with Crippen molar-refractivity contribution in [2.75, 3.05) is 0 Å². The number of hydrogen-bond acceptors (Lipinski definition) is 3. The second kappa shape index (κ2) is 8.06. The van der Waals surface area contributed by atoms with Crippen molar-refractivity contribution in [2.45, 2.75) is 52.0 Å². The molecule has 1 unspecified atom stereocenters. The van der Waals surface area contributed by atoms with E-state index in [1.165, 1.54) is 5.56 Å². The second-order valence-corrected chi connectivity index (χ2v) is 7.04. The average molecular weight is 338 g/mol. The van der Waals surface area contributed by atoms with Crippen LogP contribution >= 0.6 is 0 Å². The van der Waals surface area contributed by atoms with Gasteiger partial charge in [-0.1, -0.05) is 37.3 Å². The average Bonchev–Trinajstić information content (AvgIpc) is 2.60. The zero-order valence-corrected chi connectivity index (χ0v) is 15.4. The Morgan fingerprint density at radius 1 is 1.12 bits per heavy atom. The molecule has 0 aliphatic rings. The van der Waals surface area contributed by atoms with Crippen molar-refractivity contribution in [1.82, 2.24) is 10.3 Å². The lowest BCUT2D eigenvalue weighted by Gasteiger charge is -2.30. The molecular formula is C21H26N2O2. The minimum atomic E-state index is -0.367. The van der Waals surface area contributed by atoms with Crippen LogP contribution in [-0.2, 0) is 0 Å². The number of nitrogens with zero attached hydrogens (tertiary/aromatic N) is 1. The zero-order chi connectivity index (χ0) is 18.4. The van der Waals surface area contributed by atoms with Crippen LogP contribution in [-0.4, -0.2) is 22.2 Å². The number of Topliss-reactive ketones (excluding diaryl/α,β-unsaturated/α-hetero) is 1. The first kappa shape index (κ1) is 18.8.